The van der Waals surface area contributed by atoms with Crippen molar-refractivity contribution in [3.63, 3.8) is 0 Å². The molecule has 0 saturated heterocycles. The molecule has 1 aromatic heterocycles. The molecule has 4 nitrogen and oxygen atoms in total. The third-order valence-corrected chi connectivity index (χ3v) is 5.68. The van der Waals surface area contributed by atoms with Crippen LogP contribution in [0.2, 0.25) is 0 Å². The summed E-state index contributed by atoms with van der Waals surface area (Å²) in [6, 6.07) is 25.0. The van der Waals surface area contributed by atoms with Crippen LogP contribution < -0.4 is 5.43 Å². The smallest absolute Gasteiger partial charge is 0.162 e. The monoisotopic (exact) mass is 422 g/mol. The fourth-order valence-corrected chi connectivity index (χ4v) is 3.69. The summed E-state index contributed by atoms with van der Waals surface area (Å²) in [7, 11) is 0. The van der Waals surface area contributed by atoms with Crippen molar-refractivity contribution in [1.82, 2.24) is 9.97 Å². The van der Waals surface area contributed by atoms with Crippen LogP contribution in [-0.2, 0) is 6.42 Å². The van der Waals surface area contributed by atoms with Gasteiger partial charge in [0.1, 0.15) is 0 Å². The molecule has 162 valence electrons. The molecule has 1 heterocycles. The summed E-state index contributed by atoms with van der Waals surface area (Å²) in [6.45, 7) is 6.33. The van der Waals surface area contributed by atoms with Crippen molar-refractivity contribution >= 4 is 22.4 Å². The molecule has 0 fully saturated rings. The zero-order valence-corrected chi connectivity index (χ0v) is 19.1. The van der Waals surface area contributed by atoms with Crippen molar-refractivity contribution in [2.75, 3.05) is 5.43 Å². The van der Waals surface area contributed by atoms with Gasteiger partial charge in [-0.25, -0.2) is 9.97 Å². The number of nitrogens with one attached hydrogen (secondary N) is 1. The van der Waals surface area contributed by atoms with Crippen molar-refractivity contribution < 1.29 is 0 Å². The number of anilines is 1. The van der Waals surface area contributed by atoms with Crippen LogP contribution in [0.15, 0.2) is 77.9 Å². The molecule has 0 aliphatic carbocycles. The van der Waals surface area contributed by atoms with Crippen LogP contribution in [0.1, 0.15) is 49.8 Å². The molecule has 0 saturated carbocycles. The lowest BCUT2D eigenvalue weighted by Crippen LogP contribution is -2.03. The SMILES string of the molecule is CCCCCc1ccc(/C(C)=N/Nc2nc(-c3ccc(C)cc3)nc3ccccc23)cc1. The molecule has 0 radical (unpaired) electrons. The van der Waals surface area contributed by atoms with Gasteiger partial charge in [0.2, 0.25) is 0 Å². The van der Waals surface area contributed by atoms with Crippen LogP contribution in [0.25, 0.3) is 22.3 Å². The maximum Gasteiger partial charge on any atom is 0.162 e. The van der Waals surface area contributed by atoms with Crippen LogP contribution >= 0.6 is 0 Å². The summed E-state index contributed by atoms with van der Waals surface area (Å²) >= 11 is 0. The molecule has 0 amide bonds. The zero-order valence-electron chi connectivity index (χ0n) is 19.1. The van der Waals surface area contributed by atoms with Crippen LogP contribution in [0.5, 0.6) is 0 Å². The summed E-state index contributed by atoms with van der Waals surface area (Å²) in [4.78, 5) is 9.55. The van der Waals surface area contributed by atoms with E-state index in [1.54, 1.807) is 0 Å². The average molecular weight is 423 g/mol. The van der Waals surface area contributed by atoms with Gasteiger partial charge in [-0.05, 0) is 49.9 Å². The second kappa shape index (κ2) is 10.2. The van der Waals surface area contributed by atoms with Gasteiger partial charge in [0.05, 0.1) is 11.2 Å². The summed E-state index contributed by atoms with van der Waals surface area (Å²) < 4.78 is 0. The van der Waals surface area contributed by atoms with Gasteiger partial charge in [-0.2, -0.15) is 5.10 Å². The Morgan fingerprint density at radius 2 is 1.62 bits per heavy atom. The highest BCUT2D eigenvalue weighted by molar-refractivity contribution is 5.99. The third-order valence-electron chi connectivity index (χ3n) is 5.68. The molecule has 0 bridgehead atoms. The zero-order chi connectivity index (χ0) is 22.3. The van der Waals surface area contributed by atoms with Gasteiger partial charge in [-0.1, -0.05) is 86.0 Å². The van der Waals surface area contributed by atoms with Crippen molar-refractivity contribution in [2.24, 2.45) is 5.10 Å². The van der Waals surface area contributed by atoms with E-state index in [-0.39, 0.29) is 0 Å². The van der Waals surface area contributed by atoms with Crippen LogP contribution in [0.4, 0.5) is 5.82 Å². The highest BCUT2D eigenvalue weighted by Crippen LogP contribution is 2.25. The van der Waals surface area contributed by atoms with Crippen molar-refractivity contribution in [3.8, 4) is 11.4 Å². The predicted octanol–water partition coefficient (Wildman–Crippen LogP) is 7.17. The van der Waals surface area contributed by atoms with Crippen LogP contribution in [-0.4, -0.2) is 15.7 Å². The van der Waals surface area contributed by atoms with E-state index in [1.807, 2.05) is 31.2 Å². The lowest BCUT2D eigenvalue weighted by molar-refractivity contribution is 0.717. The first-order valence-electron chi connectivity index (χ1n) is 11.4. The van der Waals surface area contributed by atoms with E-state index in [0.717, 1.165) is 34.2 Å². The number of unbranched alkanes of at least 4 members (excludes halogenated alkanes) is 2. The molecule has 0 atom stereocenters. The normalized spacial score (nSPS) is 11.7. The van der Waals surface area contributed by atoms with Crippen molar-refractivity contribution in [3.05, 3.63) is 89.5 Å². The highest BCUT2D eigenvalue weighted by atomic mass is 15.3. The summed E-state index contributed by atoms with van der Waals surface area (Å²) in [5, 5.41) is 5.60. The van der Waals surface area contributed by atoms with Gasteiger partial charge in [-0.15, -0.1) is 0 Å². The number of nitrogens with zero attached hydrogens (tertiary/aromatic N) is 3. The van der Waals surface area contributed by atoms with Crippen LogP contribution in [0.3, 0.4) is 0 Å². The molecule has 32 heavy (non-hydrogen) atoms. The first-order chi connectivity index (χ1) is 15.6. The standard InChI is InChI=1S/C28H30N4/c1-4-5-6-9-22-14-18-23(19-15-22)21(3)31-32-28-25-10-7-8-11-26(25)29-27(30-28)24-16-12-20(2)13-17-24/h7-8,10-19H,4-6,9H2,1-3H3,(H,29,30,32)/b31-21+. The van der Waals surface area contributed by atoms with E-state index >= 15 is 0 Å². The van der Waals surface area contributed by atoms with E-state index in [4.69, 9.17) is 9.97 Å². The van der Waals surface area contributed by atoms with Gasteiger partial charge in [-0.3, -0.25) is 5.43 Å². The lowest BCUT2D eigenvalue weighted by atomic mass is 10.0. The molecular formula is C28H30N4. The summed E-state index contributed by atoms with van der Waals surface area (Å²) in [5.74, 6) is 1.40. The number of hydrogen-bond acceptors (Lipinski definition) is 4. The Kier molecular flexibility index (Phi) is 6.90. The van der Waals surface area contributed by atoms with Crippen molar-refractivity contribution in [1.29, 1.82) is 0 Å². The number of aromatic nitrogens is 2. The molecule has 4 aromatic rings. The van der Waals surface area contributed by atoms with E-state index < -0.39 is 0 Å². The number of hydrazone groups is 1. The minimum Gasteiger partial charge on any atom is -0.260 e. The maximum atomic E-state index is 4.79. The lowest BCUT2D eigenvalue weighted by Gasteiger charge is -2.10. The second-order valence-corrected chi connectivity index (χ2v) is 8.24. The number of benzene rings is 3. The Bertz CT molecular complexity index is 1210. The van der Waals surface area contributed by atoms with E-state index in [2.05, 4.69) is 72.9 Å². The Labute approximate surface area is 190 Å². The number of para-hydroxylation sites is 1. The number of hydrogen-bond donors (Lipinski definition) is 1. The first kappa shape index (κ1) is 21.7. The molecule has 1 N–H and O–H groups in total. The minimum atomic E-state index is 0.690. The number of aryl methyl sites for hydroxylation is 2. The van der Waals surface area contributed by atoms with E-state index in [0.29, 0.717) is 11.6 Å². The molecule has 0 aliphatic heterocycles. The fourth-order valence-electron chi connectivity index (χ4n) is 3.69. The van der Waals surface area contributed by atoms with Crippen LogP contribution in [0, 0.1) is 6.92 Å². The quantitative estimate of drug-likeness (QED) is 0.186. The molecule has 0 aliphatic rings. The Morgan fingerprint density at radius 1 is 0.875 bits per heavy atom. The molecule has 0 unspecified atom stereocenters. The van der Waals surface area contributed by atoms with Gasteiger partial charge < -0.3 is 0 Å². The first-order valence-corrected chi connectivity index (χ1v) is 11.4. The highest BCUT2D eigenvalue weighted by Gasteiger charge is 2.09. The second-order valence-electron chi connectivity index (χ2n) is 8.24. The predicted molar refractivity (Wildman–Crippen MR) is 135 cm³/mol. The van der Waals surface area contributed by atoms with Gasteiger partial charge >= 0.3 is 0 Å². The molecule has 0 spiro atoms. The fraction of sp³-hybridized carbons (Fsp3) is 0.250. The topological polar surface area (TPSA) is 50.2 Å². The van der Waals surface area contributed by atoms with Crippen molar-refractivity contribution in [2.45, 2.75) is 46.5 Å². The Balaban J connectivity index is 1.59. The van der Waals surface area contributed by atoms with Gasteiger partial charge in [0, 0.05) is 10.9 Å². The summed E-state index contributed by atoms with van der Waals surface area (Å²) in [5.41, 5.74) is 9.70. The van der Waals surface area contributed by atoms with E-state index in [1.165, 1.54) is 30.4 Å². The molecule has 4 rings (SSSR count). The van der Waals surface area contributed by atoms with Gasteiger partial charge in [0.25, 0.3) is 0 Å². The minimum absolute atomic E-state index is 0.690. The average Bonchev–Trinajstić information content (AvgIpc) is 2.83. The molecule has 3 aromatic carbocycles. The maximum absolute atomic E-state index is 4.79. The number of fused-ring (bicyclic) bond motifs is 1. The Hall–Kier alpha value is -3.53. The Morgan fingerprint density at radius 3 is 2.38 bits per heavy atom. The molecular weight excluding hydrogens is 392 g/mol. The summed E-state index contributed by atoms with van der Waals surface area (Å²) in [6.07, 6.45) is 4.91. The number of rotatable bonds is 8. The van der Waals surface area contributed by atoms with E-state index in [9.17, 15) is 0 Å². The third kappa shape index (κ3) is 5.20. The largest absolute Gasteiger partial charge is 0.260 e. The molecule has 4 heteroatoms. The van der Waals surface area contributed by atoms with Gasteiger partial charge in [0.15, 0.2) is 11.6 Å².